The van der Waals surface area contributed by atoms with Crippen LogP contribution >= 0.6 is 0 Å². The van der Waals surface area contributed by atoms with E-state index in [9.17, 15) is 0 Å². The molecule has 0 aliphatic rings. The van der Waals surface area contributed by atoms with Crippen LogP contribution in [0.25, 0.3) is 11.4 Å². The standard InChI is InChI=1S/C16H22N4/c1-5-14-11(4)15(20-17)19-16(18-14)13-8-6-12(7-9-13)10(2)3/h6-10H,5,17H2,1-4H3,(H,18,19,20). The number of nitrogens with two attached hydrogens (primary N) is 1. The first-order valence-electron chi connectivity index (χ1n) is 7.01. The minimum Gasteiger partial charge on any atom is -0.308 e. The fourth-order valence-corrected chi connectivity index (χ4v) is 2.19. The third-order valence-corrected chi connectivity index (χ3v) is 3.55. The molecule has 1 aromatic carbocycles. The summed E-state index contributed by atoms with van der Waals surface area (Å²) in [6.45, 7) is 8.44. The zero-order chi connectivity index (χ0) is 14.7. The molecule has 4 heteroatoms. The van der Waals surface area contributed by atoms with Crippen molar-refractivity contribution >= 4 is 5.82 Å². The van der Waals surface area contributed by atoms with Crippen LogP contribution in [0.15, 0.2) is 24.3 Å². The molecule has 4 nitrogen and oxygen atoms in total. The third kappa shape index (κ3) is 2.80. The van der Waals surface area contributed by atoms with E-state index in [1.54, 1.807) is 0 Å². The van der Waals surface area contributed by atoms with Gasteiger partial charge in [-0.1, -0.05) is 45.0 Å². The van der Waals surface area contributed by atoms with Crippen LogP contribution in [-0.2, 0) is 6.42 Å². The van der Waals surface area contributed by atoms with Crippen LogP contribution in [0.4, 0.5) is 5.82 Å². The lowest BCUT2D eigenvalue weighted by Gasteiger charge is -2.12. The Balaban J connectivity index is 2.46. The maximum atomic E-state index is 5.54. The minimum atomic E-state index is 0.524. The summed E-state index contributed by atoms with van der Waals surface area (Å²) in [5, 5.41) is 0. The fourth-order valence-electron chi connectivity index (χ4n) is 2.19. The summed E-state index contributed by atoms with van der Waals surface area (Å²) in [4.78, 5) is 9.13. The van der Waals surface area contributed by atoms with Gasteiger partial charge in [0, 0.05) is 16.8 Å². The first kappa shape index (κ1) is 14.5. The molecule has 2 rings (SSSR count). The molecule has 0 aliphatic heterocycles. The van der Waals surface area contributed by atoms with Crippen LogP contribution in [0.3, 0.4) is 0 Å². The number of aryl methyl sites for hydroxylation is 1. The summed E-state index contributed by atoms with van der Waals surface area (Å²) in [6, 6.07) is 8.40. The summed E-state index contributed by atoms with van der Waals surface area (Å²) < 4.78 is 0. The van der Waals surface area contributed by atoms with Gasteiger partial charge in [-0.3, -0.25) is 0 Å². The first-order chi connectivity index (χ1) is 9.56. The predicted octanol–water partition coefficient (Wildman–Crippen LogP) is 3.42. The number of rotatable bonds is 4. The van der Waals surface area contributed by atoms with Crippen molar-refractivity contribution in [3.8, 4) is 11.4 Å². The molecule has 0 spiro atoms. The second-order valence-electron chi connectivity index (χ2n) is 5.24. The van der Waals surface area contributed by atoms with Crippen LogP contribution in [0, 0.1) is 6.92 Å². The molecular formula is C16H22N4. The average Bonchev–Trinajstić information content (AvgIpc) is 2.47. The number of anilines is 1. The van der Waals surface area contributed by atoms with Gasteiger partial charge in [0.15, 0.2) is 5.82 Å². The molecule has 0 bridgehead atoms. The maximum Gasteiger partial charge on any atom is 0.161 e. The van der Waals surface area contributed by atoms with E-state index >= 15 is 0 Å². The first-order valence-corrected chi connectivity index (χ1v) is 7.01. The van der Waals surface area contributed by atoms with Crippen LogP contribution in [0.5, 0.6) is 0 Å². The van der Waals surface area contributed by atoms with Crippen LogP contribution < -0.4 is 11.3 Å². The van der Waals surface area contributed by atoms with Crippen molar-refractivity contribution in [1.82, 2.24) is 9.97 Å². The lowest BCUT2D eigenvalue weighted by atomic mass is 10.0. The van der Waals surface area contributed by atoms with Gasteiger partial charge in [-0.25, -0.2) is 15.8 Å². The lowest BCUT2D eigenvalue weighted by Crippen LogP contribution is -2.13. The predicted molar refractivity (Wildman–Crippen MR) is 83.5 cm³/mol. The number of benzene rings is 1. The number of hydrazine groups is 1. The highest BCUT2D eigenvalue weighted by Crippen LogP contribution is 2.23. The van der Waals surface area contributed by atoms with E-state index < -0.39 is 0 Å². The molecule has 0 fully saturated rings. The van der Waals surface area contributed by atoms with Gasteiger partial charge in [0.25, 0.3) is 0 Å². The van der Waals surface area contributed by atoms with E-state index in [2.05, 4.69) is 60.4 Å². The summed E-state index contributed by atoms with van der Waals surface area (Å²) in [6.07, 6.45) is 0.861. The topological polar surface area (TPSA) is 63.8 Å². The Kier molecular flexibility index (Phi) is 4.35. The number of aromatic nitrogens is 2. The van der Waals surface area contributed by atoms with Gasteiger partial charge >= 0.3 is 0 Å². The Morgan fingerprint density at radius 1 is 1.15 bits per heavy atom. The number of hydrogen-bond acceptors (Lipinski definition) is 4. The molecule has 1 aromatic heterocycles. The van der Waals surface area contributed by atoms with Gasteiger partial charge < -0.3 is 5.43 Å². The van der Waals surface area contributed by atoms with E-state index in [1.807, 2.05) is 6.92 Å². The monoisotopic (exact) mass is 270 g/mol. The molecule has 0 unspecified atom stereocenters. The normalized spacial score (nSPS) is 10.9. The van der Waals surface area contributed by atoms with Gasteiger partial charge in [0.05, 0.1) is 0 Å². The van der Waals surface area contributed by atoms with Crippen LogP contribution in [0.2, 0.25) is 0 Å². The highest BCUT2D eigenvalue weighted by Gasteiger charge is 2.10. The molecule has 0 saturated carbocycles. The molecule has 0 atom stereocenters. The Hall–Kier alpha value is -1.94. The van der Waals surface area contributed by atoms with Crippen molar-refractivity contribution in [3.05, 3.63) is 41.1 Å². The average molecular weight is 270 g/mol. The highest BCUT2D eigenvalue weighted by atomic mass is 15.3. The highest BCUT2D eigenvalue weighted by molar-refractivity contribution is 5.60. The Bertz CT molecular complexity index is 563. The van der Waals surface area contributed by atoms with Crippen molar-refractivity contribution in [2.45, 2.75) is 40.0 Å². The second kappa shape index (κ2) is 6.01. The van der Waals surface area contributed by atoms with Crippen LogP contribution in [-0.4, -0.2) is 9.97 Å². The lowest BCUT2D eigenvalue weighted by molar-refractivity contribution is 0.866. The Morgan fingerprint density at radius 2 is 1.80 bits per heavy atom. The van der Waals surface area contributed by atoms with Gasteiger partial charge in [-0.05, 0) is 24.8 Å². The molecule has 20 heavy (non-hydrogen) atoms. The van der Waals surface area contributed by atoms with Gasteiger partial charge in [0.2, 0.25) is 0 Å². The molecule has 0 radical (unpaired) electrons. The number of hydrogen-bond donors (Lipinski definition) is 2. The van der Waals surface area contributed by atoms with Crippen molar-refractivity contribution in [2.75, 3.05) is 5.43 Å². The van der Waals surface area contributed by atoms with Crippen molar-refractivity contribution in [3.63, 3.8) is 0 Å². The zero-order valence-electron chi connectivity index (χ0n) is 12.6. The van der Waals surface area contributed by atoms with Gasteiger partial charge in [0.1, 0.15) is 5.82 Å². The van der Waals surface area contributed by atoms with Crippen molar-refractivity contribution in [1.29, 1.82) is 0 Å². The number of nitrogens with zero attached hydrogens (tertiary/aromatic N) is 2. The van der Waals surface area contributed by atoms with E-state index in [0.29, 0.717) is 11.7 Å². The number of nitrogens with one attached hydrogen (secondary N) is 1. The van der Waals surface area contributed by atoms with E-state index in [4.69, 9.17) is 5.84 Å². The van der Waals surface area contributed by atoms with Gasteiger partial charge in [-0.15, -0.1) is 0 Å². The molecule has 0 saturated heterocycles. The smallest absolute Gasteiger partial charge is 0.161 e. The molecule has 106 valence electrons. The largest absolute Gasteiger partial charge is 0.308 e. The molecule has 3 N–H and O–H groups in total. The summed E-state index contributed by atoms with van der Waals surface area (Å²) >= 11 is 0. The Morgan fingerprint density at radius 3 is 2.30 bits per heavy atom. The van der Waals surface area contributed by atoms with Gasteiger partial charge in [-0.2, -0.15) is 0 Å². The molecule has 0 aliphatic carbocycles. The summed E-state index contributed by atoms with van der Waals surface area (Å²) in [7, 11) is 0. The van der Waals surface area contributed by atoms with Crippen molar-refractivity contribution in [2.24, 2.45) is 5.84 Å². The second-order valence-corrected chi connectivity index (χ2v) is 5.24. The van der Waals surface area contributed by atoms with E-state index in [-0.39, 0.29) is 0 Å². The van der Waals surface area contributed by atoms with Crippen LogP contribution in [0.1, 0.15) is 43.5 Å². The Labute approximate surface area is 120 Å². The number of nitrogen functional groups attached to an aromatic ring is 1. The third-order valence-electron chi connectivity index (χ3n) is 3.55. The quantitative estimate of drug-likeness (QED) is 0.660. The van der Waals surface area contributed by atoms with E-state index in [1.165, 1.54) is 5.56 Å². The molecular weight excluding hydrogens is 248 g/mol. The zero-order valence-corrected chi connectivity index (χ0v) is 12.6. The summed E-state index contributed by atoms with van der Waals surface area (Å²) in [5.41, 5.74) is 7.02. The SMILES string of the molecule is CCc1nc(-c2ccc(C(C)C)cc2)nc(NN)c1C. The molecule has 0 amide bonds. The molecule has 2 aromatic rings. The van der Waals surface area contributed by atoms with E-state index in [0.717, 1.165) is 29.1 Å². The molecule has 1 heterocycles. The summed E-state index contributed by atoms with van der Waals surface area (Å²) in [5.74, 6) is 7.48. The van der Waals surface area contributed by atoms with Crippen molar-refractivity contribution < 1.29 is 0 Å². The maximum absolute atomic E-state index is 5.54. The fraction of sp³-hybridized carbons (Fsp3) is 0.375. The minimum absolute atomic E-state index is 0.524.